The zero-order chi connectivity index (χ0) is 40.6. The Morgan fingerprint density at radius 2 is 0.966 bits per heavy atom. The van der Waals surface area contributed by atoms with E-state index in [-0.39, 0.29) is 20.0 Å². The zero-order valence-electron chi connectivity index (χ0n) is 34.1. The predicted octanol–water partition coefficient (Wildman–Crippen LogP) is 10.8. The zero-order valence-corrected chi connectivity index (χ0v) is 37.7. The van der Waals surface area contributed by atoms with Crippen molar-refractivity contribution in [1.29, 1.82) is 0 Å². The first-order chi connectivity index (χ1) is 27.8. The van der Waals surface area contributed by atoms with E-state index in [9.17, 15) is 0 Å². The first-order valence-corrected chi connectivity index (χ1v) is 25.5. The van der Waals surface area contributed by atoms with Crippen LogP contribution in [0.15, 0.2) is 170 Å². The minimum atomic E-state index is -2.23. The summed E-state index contributed by atoms with van der Waals surface area (Å²) in [6.45, 7) is 15.3. The van der Waals surface area contributed by atoms with E-state index in [2.05, 4.69) is 113 Å². The summed E-state index contributed by atoms with van der Waals surface area (Å²) in [5.74, 6) is 0.529. The summed E-state index contributed by atoms with van der Waals surface area (Å²) >= 11 is -0.136. The molecule has 0 radical (unpaired) electrons. The molecule has 0 amide bonds. The molecule has 2 atom stereocenters. The van der Waals surface area contributed by atoms with E-state index in [1.807, 2.05) is 105 Å². The molecule has 2 saturated heterocycles. The monoisotopic (exact) mass is 874 g/mol. The van der Waals surface area contributed by atoms with Crippen LogP contribution < -0.4 is 17.9 Å². The summed E-state index contributed by atoms with van der Waals surface area (Å²) in [5, 5.41) is 0.0331. The molecule has 2 heterocycles. The third-order valence-corrected chi connectivity index (χ3v) is 19.2. The van der Waals surface area contributed by atoms with Crippen LogP contribution in [0.5, 0.6) is 11.5 Å². The van der Waals surface area contributed by atoms with Crippen molar-refractivity contribution in [1.82, 2.24) is 0 Å². The van der Waals surface area contributed by atoms with E-state index >= 15 is 0 Å². The molecule has 0 aromatic heterocycles. The van der Waals surface area contributed by atoms with Crippen molar-refractivity contribution < 1.29 is 27.5 Å². The summed E-state index contributed by atoms with van der Waals surface area (Å²) < 4.78 is 46.0. The molecule has 2 unspecified atom stereocenters. The van der Waals surface area contributed by atoms with Gasteiger partial charge in [-0.05, 0) is 0 Å². The molecular formula is C49H51O6PSeSi. The Balaban J connectivity index is 1.36. The summed E-state index contributed by atoms with van der Waals surface area (Å²) in [6, 6.07) is 57.9. The molecule has 0 aliphatic carbocycles. The van der Waals surface area contributed by atoms with Gasteiger partial charge in [0.15, 0.2) is 0 Å². The Morgan fingerprint density at radius 3 is 1.36 bits per heavy atom. The van der Waals surface area contributed by atoms with Crippen LogP contribution >= 0.6 is 8.60 Å². The summed E-state index contributed by atoms with van der Waals surface area (Å²) in [6.07, 6.45) is -1.39. The predicted molar refractivity (Wildman–Crippen MR) is 237 cm³/mol. The van der Waals surface area contributed by atoms with Gasteiger partial charge in [-0.3, -0.25) is 0 Å². The Bertz CT molecular complexity index is 2110. The number of rotatable bonds is 10. The van der Waals surface area contributed by atoms with Crippen LogP contribution in [-0.4, -0.2) is 41.3 Å². The summed E-state index contributed by atoms with van der Waals surface area (Å²) in [4.78, 5) is 0. The molecule has 6 aromatic carbocycles. The van der Waals surface area contributed by atoms with Crippen molar-refractivity contribution in [2.45, 2.75) is 81.9 Å². The van der Waals surface area contributed by atoms with Crippen LogP contribution in [0.4, 0.5) is 0 Å². The Morgan fingerprint density at radius 1 is 0.569 bits per heavy atom. The van der Waals surface area contributed by atoms with E-state index in [1.54, 1.807) is 0 Å². The van der Waals surface area contributed by atoms with Gasteiger partial charge < -0.3 is 0 Å². The SMILES string of the molecule is CC1(C)OC2C(O1)C(c1ccccc1)(c1ccccc1)OP(Oc1ccc(O[Si](C)(C)C(C)(C)C)cc1[Se]c1ccccc1)OC2(c1ccccc1)c1ccccc1. The van der Waals surface area contributed by atoms with E-state index in [4.69, 9.17) is 27.5 Å². The molecule has 6 aromatic rings. The maximum atomic E-state index is 7.64. The van der Waals surface area contributed by atoms with Gasteiger partial charge >= 0.3 is 354 Å². The fraction of sp³-hybridized carbons (Fsp3) is 0.265. The van der Waals surface area contributed by atoms with Gasteiger partial charge in [0.1, 0.15) is 0 Å². The van der Waals surface area contributed by atoms with E-state index in [0.717, 1.165) is 32.5 Å². The molecule has 2 fully saturated rings. The van der Waals surface area contributed by atoms with Crippen LogP contribution in [0.25, 0.3) is 0 Å². The molecule has 0 spiro atoms. The van der Waals surface area contributed by atoms with Gasteiger partial charge in [0, 0.05) is 0 Å². The van der Waals surface area contributed by atoms with Crippen LogP contribution in [-0.2, 0) is 29.7 Å². The quantitative estimate of drug-likeness (QED) is 0.101. The van der Waals surface area contributed by atoms with Crippen molar-refractivity contribution in [2.75, 3.05) is 0 Å². The average molecular weight is 874 g/mol. The fourth-order valence-electron chi connectivity index (χ4n) is 7.54. The van der Waals surface area contributed by atoms with Crippen LogP contribution in [0, 0.1) is 0 Å². The number of ether oxygens (including phenoxy) is 2. The second-order valence-electron chi connectivity index (χ2n) is 16.8. The number of hydrogen-bond acceptors (Lipinski definition) is 6. The average Bonchev–Trinajstić information content (AvgIpc) is 3.51. The van der Waals surface area contributed by atoms with Gasteiger partial charge in [-0.1, -0.05) is 0 Å². The van der Waals surface area contributed by atoms with E-state index < -0.39 is 46.1 Å². The molecule has 0 saturated carbocycles. The number of fused-ring (bicyclic) bond motifs is 1. The molecule has 58 heavy (non-hydrogen) atoms. The van der Waals surface area contributed by atoms with Gasteiger partial charge in [0.05, 0.1) is 0 Å². The molecule has 9 heteroatoms. The third-order valence-electron chi connectivity index (χ3n) is 11.4. The molecule has 0 bridgehead atoms. The number of hydrogen-bond donors (Lipinski definition) is 0. The first kappa shape index (κ1) is 40.7. The molecule has 8 rings (SSSR count). The van der Waals surface area contributed by atoms with Crippen molar-refractivity contribution in [2.24, 2.45) is 0 Å². The second-order valence-corrected chi connectivity index (χ2v) is 24.9. The van der Waals surface area contributed by atoms with Gasteiger partial charge in [0.2, 0.25) is 0 Å². The third kappa shape index (κ3) is 7.86. The minimum absolute atomic E-state index is 0.0331. The van der Waals surface area contributed by atoms with Crippen molar-refractivity contribution in [3.63, 3.8) is 0 Å². The summed E-state index contributed by atoms with van der Waals surface area (Å²) in [5.41, 5.74) is 1.16. The Hall–Kier alpha value is -4.07. The van der Waals surface area contributed by atoms with Gasteiger partial charge in [-0.15, -0.1) is 0 Å². The molecule has 6 nitrogen and oxygen atoms in total. The Kier molecular flexibility index (Phi) is 11.3. The molecule has 2 aliphatic rings. The Labute approximate surface area is 352 Å². The van der Waals surface area contributed by atoms with E-state index in [1.165, 1.54) is 4.46 Å². The van der Waals surface area contributed by atoms with Crippen molar-refractivity contribution in [3.8, 4) is 11.5 Å². The van der Waals surface area contributed by atoms with Gasteiger partial charge in [-0.25, -0.2) is 0 Å². The second kappa shape index (κ2) is 16.2. The first-order valence-electron chi connectivity index (χ1n) is 19.8. The normalized spacial score (nSPS) is 21.1. The van der Waals surface area contributed by atoms with Crippen molar-refractivity contribution in [3.05, 3.63) is 192 Å². The molecule has 0 N–H and O–H groups in total. The van der Waals surface area contributed by atoms with Gasteiger partial charge in [0.25, 0.3) is 0 Å². The van der Waals surface area contributed by atoms with Crippen molar-refractivity contribution >= 4 is 40.8 Å². The topological polar surface area (TPSA) is 55.4 Å². The number of benzene rings is 6. The molecular weight excluding hydrogens is 823 g/mol. The van der Waals surface area contributed by atoms with Crippen LogP contribution in [0.3, 0.4) is 0 Å². The van der Waals surface area contributed by atoms with Crippen LogP contribution in [0.2, 0.25) is 18.1 Å². The maximum absolute atomic E-state index is 7.64. The molecule has 298 valence electrons. The van der Waals surface area contributed by atoms with Crippen LogP contribution in [0.1, 0.15) is 56.9 Å². The van der Waals surface area contributed by atoms with E-state index in [0.29, 0.717) is 5.75 Å². The van der Waals surface area contributed by atoms with Gasteiger partial charge in [-0.2, -0.15) is 0 Å². The summed E-state index contributed by atoms with van der Waals surface area (Å²) in [7, 11) is -4.38. The molecule has 2 aliphatic heterocycles. The standard InChI is InChI=1S/C49H51O6PSeSi/c1-46(2,3)58(6,7)53-40-33-34-42(43(35-40)57-41-31-21-12-22-32-41)52-56-54-48(36-23-13-8-14-24-36,37-25-15-9-16-26-37)44-45(51-47(4,5)50-44)49(55-56,38-27-17-10-18-28-38)39-29-19-11-20-30-39/h8-35,44-45H,1-7H3. The fourth-order valence-corrected chi connectivity index (χ4v) is 12.2.